The fourth-order valence-corrected chi connectivity index (χ4v) is 4.55. The number of fused-ring (bicyclic) bond motifs is 1. The molecule has 1 aliphatic rings. The van der Waals surface area contributed by atoms with Crippen LogP contribution in [0.2, 0.25) is 5.28 Å². The molecule has 1 fully saturated rings. The third-order valence-corrected chi connectivity index (χ3v) is 6.11. The quantitative estimate of drug-likeness (QED) is 0.345. The van der Waals surface area contributed by atoms with Crippen molar-refractivity contribution in [2.45, 2.75) is 38.1 Å². The molecule has 2 aromatic heterocycles. The van der Waals surface area contributed by atoms with Crippen LogP contribution in [0.25, 0.3) is 11.2 Å². The van der Waals surface area contributed by atoms with Crippen molar-refractivity contribution >= 4 is 57.0 Å². The highest BCUT2D eigenvalue weighted by molar-refractivity contribution is 14.1. The molecule has 0 amide bonds. The van der Waals surface area contributed by atoms with Crippen molar-refractivity contribution < 1.29 is 15.0 Å². The maximum Gasteiger partial charge on any atom is 0.226 e. The molecule has 10 heteroatoms. The molecule has 3 N–H and O–H groups in total. The molecule has 1 aliphatic carbocycles. The first-order valence-corrected chi connectivity index (χ1v) is 10.6. The van der Waals surface area contributed by atoms with Crippen LogP contribution in [0.15, 0.2) is 30.6 Å². The number of carbonyl (C=O) groups excluding carboxylic acids is 1. The number of carbonyl (C=O) groups is 1. The second-order valence-corrected chi connectivity index (χ2v) is 8.73. The Bertz CT molecular complexity index is 1080. The van der Waals surface area contributed by atoms with Crippen LogP contribution in [0.3, 0.4) is 0 Å². The molecule has 29 heavy (non-hydrogen) atoms. The summed E-state index contributed by atoms with van der Waals surface area (Å²) in [4.78, 5) is 24.7. The minimum atomic E-state index is -1.12. The van der Waals surface area contributed by atoms with E-state index < -0.39 is 24.2 Å². The lowest BCUT2D eigenvalue weighted by atomic mass is 10.0. The number of aromatic nitrogens is 4. The standard InChI is InChI=1S/C19H19ClIN5O3/c1-9(27)12-6-13(16(29)15(12)28)26-8-23-14-17(24-19(20)25-18(14)26)22-7-10-3-2-4-11(21)5-10/h2-5,8,12-13,15-16,28-29H,6-7H2,1H3,(H,22,24,25)/t12-,13-,15?,16+/m1/s1. The lowest BCUT2D eigenvalue weighted by Gasteiger charge is -2.18. The summed E-state index contributed by atoms with van der Waals surface area (Å²) in [5.41, 5.74) is 2.03. The number of aliphatic hydroxyl groups is 2. The molecule has 152 valence electrons. The fourth-order valence-electron chi connectivity index (χ4n) is 3.78. The summed E-state index contributed by atoms with van der Waals surface area (Å²) in [7, 11) is 0. The largest absolute Gasteiger partial charge is 0.390 e. The van der Waals surface area contributed by atoms with Gasteiger partial charge in [-0.3, -0.25) is 4.79 Å². The third-order valence-electron chi connectivity index (χ3n) is 5.27. The van der Waals surface area contributed by atoms with E-state index in [0.717, 1.165) is 9.13 Å². The third kappa shape index (κ3) is 3.96. The number of halogens is 2. The predicted octanol–water partition coefficient (Wildman–Crippen LogP) is 2.57. The summed E-state index contributed by atoms with van der Waals surface area (Å²) >= 11 is 8.40. The minimum Gasteiger partial charge on any atom is -0.390 e. The molecule has 0 saturated heterocycles. The van der Waals surface area contributed by atoms with Crippen molar-refractivity contribution in [1.82, 2.24) is 19.5 Å². The first-order valence-electron chi connectivity index (χ1n) is 9.10. The number of ketones is 1. The number of hydrogen-bond acceptors (Lipinski definition) is 7. The molecule has 4 rings (SSSR count). The van der Waals surface area contributed by atoms with Crippen molar-refractivity contribution in [3.05, 3.63) is 45.0 Å². The molecular formula is C19H19ClIN5O3. The number of aliphatic hydroxyl groups excluding tert-OH is 2. The van der Waals surface area contributed by atoms with Crippen LogP contribution >= 0.6 is 34.2 Å². The maximum absolute atomic E-state index is 11.8. The van der Waals surface area contributed by atoms with E-state index in [1.807, 2.05) is 18.2 Å². The Morgan fingerprint density at radius 1 is 1.34 bits per heavy atom. The minimum absolute atomic E-state index is 0.0422. The van der Waals surface area contributed by atoms with Crippen molar-refractivity contribution in [2.75, 3.05) is 5.32 Å². The SMILES string of the molecule is CC(=O)[C@H]1C[C@@H](n2cnc3c(NCc4cccc(I)c4)nc(Cl)nc32)[C@H](O)C1O. The first kappa shape index (κ1) is 20.5. The van der Waals surface area contributed by atoms with Gasteiger partial charge in [-0.2, -0.15) is 9.97 Å². The van der Waals surface area contributed by atoms with E-state index in [1.165, 1.54) is 13.3 Å². The van der Waals surface area contributed by atoms with Crippen LogP contribution in [0.4, 0.5) is 5.82 Å². The van der Waals surface area contributed by atoms with E-state index in [2.05, 4.69) is 48.9 Å². The van der Waals surface area contributed by atoms with Gasteiger partial charge in [0.1, 0.15) is 11.9 Å². The van der Waals surface area contributed by atoms with Gasteiger partial charge in [-0.25, -0.2) is 4.98 Å². The number of nitrogens with zero attached hydrogens (tertiary/aromatic N) is 4. The zero-order chi connectivity index (χ0) is 20.7. The summed E-state index contributed by atoms with van der Waals surface area (Å²) in [6, 6.07) is 7.53. The van der Waals surface area contributed by atoms with Gasteiger partial charge in [-0.1, -0.05) is 12.1 Å². The zero-order valence-corrected chi connectivity index (χ0v) is 18.4. The van der Waals surface area contributed by atoms with Gasteiger partial charge in [0, 0.05) is 16.0 Å². The summed E-state index contributed by atoms with van der Waals surface area (Å²) in [6.07, 6.45) is -0.381. The topological polar surface area (TPSA) is 113 Å². The highest BCUT2D eigenvalue weighted by Gasteiger charge is 2.45. The van der Waals surface area contributed by atoms with Crippen LogP contribution in [0.1, 0.15) is 24.9 Å². The number of rotatable bonds is 5. The Labute approximate surface area is 185 Å². The molecule has 3 aromatic rings. The van der Waals surface area contributed by atoms with Gasteiger partial charge in [-0.15, -0.1) is 0 Å². The van der Waals surface area contributed by atoms with Gasteiger partial charge < -0.3 is 20.1 Å². The van der Waals surface area contributed by atoms with Gasteiger partial charge in [-0.05, 0) is 65.2 Å². The number of benzene rings is 1. The lowest BCUT2D eigenvalue weighted by Crippen LogP contribution is -2.31. The lowest BCUT2D eigenvalue weighted by molar-refractivity contribution is -0.124. The number of Topliss-reactive ketones (excluding diaryl/α,β-unsaturated/α-hetero) is 1. The molecule has 1 unspecified atom stereocenters. The summed E-state index contributed by atoms with van der Waals surface area (Å²) in [6.45, 7) is 1.95. The molecule has 0 bridgehead atoms. The van der Waals surface area contributed by atoms with Gasteiger partial charge in [0.05, 0.1) is 18.5 Å². The van der Waals surface area contributed by atoms with E-state index in [0.29, 0.717) is 29.9 Å². The Kier molecular flexibility index (Phi) is 5.74. The van der Waals surface area contributed by atoms with Gasteiger partial charge in [0.15, 0.2) is 17.0 Å². The molecule has 2 heterocycles. The van der Waals surface area contributed by atoms with Crippen LogP contribution in [-0.2, 0) is 11.3 Å². The summed E-state index contributed by atoms with van der Waals surface area (Å²) in [5.74, 6) is -0.298. The molecule has 0 aliphatic heterocycles. The van der Waals surface area contributed by atoms with Gasteiger partial charge in [0.25, 0.3) is 0 Å². The Morgan fingerprint density at radius 3 is 2.83 bits per heavy atom. The van der Waals surface area contributed by atoms with Crippen molar-refractivity contribution in [1.29, 1.82) is 0 Å². The van der Waals surface area contributed by atoms with Crippen LogP contribution in [0, 0.1) is 9.49 Å². The molecule has 1 saturated carbocycles. The molecule has 0 radical (unpaired) electrons. The van der Waals surface area contributed by atoms with E-state index in [4.69, 9.17) is 11.6 Å². The number of nitrogens with one attached hydrogen (secondary N) is 1. The Morgan fingerprint density at radius 2 is 2.14 bits per heavy atom. The predicted molar refractivity (Wildman–Crippen MR) is 117 cm³/mol. The molecule has 0 spiro atoms. The van der Waals surface area contributed by atoms with E-state index in [-0.39, 0.29) is 11.1 Å². The number of imidazole rings is 1. The molecular weight excluding hydrogens is 509 g/mol. The first-order chi connectivity index (χ1) is 13.8. The van der Waals surface area contributed by atoms with Crippen LogP contribution < -0.4 is 5.32 Å². The van der Waals surface area contributed by atoms with E-state index in [9.17, 15) is 15.0 Å². The van der Waals surface area contributed by atoms with Crippen molar-refractivity contribution in [3.63, 3.8) is 0 Å². The van der Waals surface area contributed by atoms with Crippen LogP contribution in [0.5, 0.6) is 0 Å². The maximum atomic E-state index is 11.8. The number of anilines is 1. The molecule has 1 aromatic carbocycles. The summed E-state index contributed by atoms with van der Waals surface area (Å²) < 4.78 is 2.79. The average molecular weight is 528 g/mol. The normalized spacial score (nSPS) is 24.2. The van der Waals surface area contributed by atoms with Crippen molar-refractivity contribution in [2.24, 2.45) is 5.92 Å². The smallest absolute Gasteiger partial charge is 0.226 e. The van der Waals surface area contributed by atoms with Crippen LogP contribution in [-0.4, -0.2) is 47.7 Å². The second kappa shape index (κ2) is 8.13. The second-order valence-electron chi connectivity index (χ2n) is 7.15. The monoisotopic (exact) mass is 527 g/mol. The highest BCUT2D eigenvalue weighted by atomic mass is 127. The number of hydrogen-bond donors (Lipinski definition) is 3. The van der Waals surface area contributed by atoms with Gasteiger partial charge >= 0.3 is 0 Å². The van der Waals surface area contributed by atoms with E-state index >= 15 is 0 Å². The van der Waals surface area contributed by atoms with Crippen molar-refractivity contribution in [3.8, 4) is 0 Å². The zero-order valence-electron chi connectivity index (χ0n) is 15.5. The molecule has 8 nitrogen and oxygen atoms in total. The summed E-state index contributed by atoms with van der Waals surface area (Å²) in [5, 5.41) is 24.0. The van der Waals surface area contributed by atoms with Gasteiger partial charge in [0.2, 0.25) is 5.28 Å². The van der Waals surface area contributed by atoms with E-state index in [1.54, 1.807) is 4.57 Å². The fraction of sp³-hybridized carbons (Fsp3) is 0.368. The molecule has 4 atom stereocenters. The highest BCUT2D eigenvalue weighted by Crippen LogP contribution is 2.38. The average Bonchev–Trinajstić information content (AvgIpc) is 3.21. The Balaban J connectivity index is 1.66. The Hall–Kier alpha value is -1.82.